The standard InChI is InChI=1S/C25H33FO7/c1-5-21(32)33-25(20(31)12-27)13(2)8-15-16-10-18(29)17-9-14(28)6-7-22(17,3)24(16,26)19(30)11-23(15,25)4/h6-7,9,13,15-16,18-19,27,29-30H,5,8,10-12H2,1-4H3/t13-,15-,16-,18+,19-,22-,23-,24-,25-/m0/s1. The number of carbonyl (C=O) groups excluding carboxylic acids is 3. The highest BCUT2D eigenvalue weighted by Crippen LogP contribution is 2.71. The second kappa shape index (κ2) is 7.55. The summed E-state index contributed by atoms with van der Waals surface area (Å²) >= 11 is 0. The van der Waals surface area contributed by atoms with Crippen LogP contribution in [0.25, 0.3) is 0 Å². The predicted molar refractivity (Wildman–Crippen MR) is 115 cm³/mol. The molecule has 0 aromatic heterocycles. The van der Waals surface area contributed by atoms with E-state index in [2.05, 4.69) is 0 Å². The van der Waals surface area contributed by atoms with Crippen LogP contribution in [0.5, 0.6) is 0 Å². The third-order valence-corrected chi connectivity index (χ3v) is 9.33. The van der Waals surface area contributed by atoms with Gasteiger partial charge in [0.25, 0.3) is 0 Å². The van der Waals surface area contributed by atoms with Gasteiger partial charge in [0, 0.05) is 29.1 Å². The normalized spacial score (nSPS) is 48.4. The lowest BCUT2D eigenvalue weighted by molar-refractivity contribution is -0.233. The minimum Gasteiger partial charge on any atom is -0.450 e. The van der Waals surface area contributed by atoms with E-state index in [0.717, 1.165) is 0 Å². The van der Waals surface area contributed by atoms with Crippen LogP contribution in [0, 0.1) is 28.6 Å². The second-order valence-corrected chi connectivity index (χ2v) is 10.7. The highest BCUT2D eigenvalue weighted by atomic mass is 19.1. The number of esters is 1. The summed E-state index contributed by atoms with van der Waals surface area (Å²) in [5, 5.41) is 32.2. The van der Waals surface area contributed by atoms with Crippen LogP contribution in [0.15, 0.2) is 23.8 Å². The van der Waals surface area contributed by atoms with Crippen molar-refractivity contribution in [3.05, 3.63) is 23.8 Å². The first-order valence-corrected chi connectivity index (χ1v) is 11.7. The van der Waals surface area contributed by atoms with E-state index >= 15 is 4.39 Å². The van der Waals surface area contributed by atoms with Crippen molar-refractivity contribution in [3.63, 3.8) is 0 Å². The van der Waals surface area contributed by atoms with Crippen molar-refractivity contribution in [1.29, 1.82) is 0 Å². The highest BCUT2D eigenvalue weighted by Gasteiger charge is 2.77. The number of ketones is 2. The molecule has 0 aromatic carbocycles. The summed E-state index contributed by atoms with van der Waals surface area (Å²) in [7, 11) is 0. The van der Waals surface area contributed by atoms with Crippen LogP contribution >= 0.6 is 0 Å². The van der Waals surface area contributed by atoms with Gasteiger partial charge in [0.05, 0.1) is 12.2 Å². The number of ether oxygens (including phenoxy) is 1. The molecule has 182 valence electrons. The number of rotatable bonds is 4. The van der Waals surface area contributed by atoms with Gasteiger partial charge in [0.2, 0.25) is 5.78 Å². The molecule has 3 fully saturated rings. The number of fused-ring (bicyclic) bond motifs is 5. The average Bonchev–Trinajstić information content (AvgIpc) is 2.98. The number of allylic oxidation sites excluding steroid dienone is 3. The van der Waals surface area contributed by atoms with Crippen molar-refractivity contribution in [2.75, 3.05) is 6.61 Å². The zero-order chi connectivity index (χ0) is 24.6. The van der Waals surface area contributed by atoms with Crippen LogP contribution in [0.2, 0.25) is 0 Å². The zero-order valence-corrected chi connectivity index (χ0v) is 19.5. The first kappa shape index (κ1) is 24.2. The smallest absolute Gasteiger partial charge is 0.306 e. The fourth-order valence-electron chi connectivity index (χ4n) is 7.81. The van der Waals surface area contributed by atoms with Crippen LogP contribution in [0.4, 0.5) is 4.39 Å². The van der Waals surface area contributed by atoms with Crippen molar-refractivity contribution >= 4 is 17.5 Å². The number of carbonyl (C=O) groups is 3. The Kier molecular flexibility index (Phi) is 5.54. The minimum absolute atomic E-state index is 0.0245. The summed E-state index contributed by atoms with van der Waals surface area (Å²) in [6.07, 6.45) is 1.45. The summed E-state index contributed by atoms with van der Waals surface area (Å²) < 4.78 is 23.0. The van der Waals surface area contributed by atoms with Gasteiger partial charge in [0.1, 0.15) is 6.61 Å². The van der Waals surface area contributed by atoms with Crippen molar-refractivity contribution in [2.45, 2.75) is 76.9 Å². The molecule has 4 aliphatic carbocycles. The summed E-state index contributed by atoms with van der Waals surface area (Å²) in [5.74, 6) is -3.51. The van der Waals surface area contributed by atoms with Gasteiger partial charge in [-0.15, -0.1) is 0 Å². The van der Waals surface area contributed by atoms with Gasteiger partial charge in [-0.1, -0.05) is 26.8 Å². The van der Waals surface area contributed by atoms with Gasteiger partial charge >= 0.3 is 5.97 Å². The van der Waals surface area contributed by atoms with E-state index in [1.165, 1.54) is 18.2 Å². The Bertz CT molecular complexity index is 958. The Morgan fingerprint density at radius 2 is 1.88 bits per heavy atom. The molecular formula is C25H33FO7. The lowest BCUT2D eigenvalue weighted by atomic mass is 9.44. The monoisotopic (exact) mass is 464 g/mol. The number of halogens is 1. The van der Waals surface area contributed by atoms with Gasteiger partial charge < -0.3 is 20.1 Å². The van der Waals surface area contributed by atoms with Gasteiger partial charge in [0.15, 0.2) is 17.1 Å². The minimum atomic E-state index is -2.20. The quantitative estimate of drug-likeness (QED) is 0.543. The lowest BCUT2D eigenvalue weighted by Crippen LogP contribution is -2.71. The predicted octanol–water partition coefficient (Wildman–Crippen LogP) is 1.83. The summed E-state index contributed by atoms with van der Waals surface area (Å²) in [6.45, 7) is 5.82. The van der Waals surface area contributed by atoms with Gasteiger partial charge in [-0.05, 0) is 49.8 Å². The lowest BCUT2D eigenvalue weighted by Gasteiger charge is -2.63. The maximum Gasteiger partial charge on any atom is 0.306 e. The van der Waals surface area contributed by atoms with E-state index in [0.29, 0.717) is 6.42 Å². The van der Waals surface area contributed by atoms with Gasteiger partial charge in [-0.2, -0.15) is 0 Å². The van der Waals surface area contributed by atoms with E-state index in [-0.39, 0.29) is 30.6 Å². The van der Waals surface area contributed by atoms with Gasteiger partial charge in [-0.25, -0.2) is 4.39 Å². The Morgan fingerprint density at radius 3 is 2.48 bits per heavy atom. The van der Waals surface area contributed by atoms with E-state index in [9.17, 15) is 29.7 Å². The number of alkyl halides is 1. The molecule has 0 amide bonds. The SMILES string of the molecule is CCC(=O)O[C@]1(C(=O)CO)[C@@H](C)C[C@H]2[C@@H]3C[C@@H](O)C4=CC(=O)C=C[C@]4(C)[C@@]3(F)[C@@H](O)C[C@@]21C. The number of aliphatic hydroxyl groups excluding tert-OH is 3. The number of hydrogen-bond acceptors (Lipinski definition) is 7. The number of Topliss-reactive ketones (excluding diaryl/α,β-unsaturated/α-hetero) is 1. The highest BCUT2D eigenvalue weighted by molar-refractivity contribution is 6.01. The molecule has 3 N–H and O–H groups in total. The largest absolute Gasteiger partial charge is 0.450 e. The molecule has 0 unspecified atom stereocenters. The second-order valence-electron chi connectivity index (χ2n) is 10.7. The molecule has 0 saturated heterocycles. The molecule has 4 rings (SSSR count). The van der Waals surface area contributed by atoms with Crippen LogP contribution in [0.1, 0.15) is 53.4 Å². The molecule has 4 aliphatic rings. The Morgan fingerprint density at radius 1 is 1.21 bits per heavy atom. The first-order chi connectivity index (χ1) is 15.3. The van der Waals surface area contributed by atoms with Crippen LogP contribution < -0.4 is 0 Å². The molecule has 9 atom stereocenters. The average molecular weight is 465 g/mol. The summed E-state index contributed by atoms with van der Waals surface area (Å²) in [5.41, 5.74) is -6.21. The van der Waals surface area contributed by atoms with Crippen LogP contribution in [-0.2, 0) is 19.1 Å². The zero-order valence-electron chi connectivity index (χ0n) is 19.5. The van der Waals surface area contributed by atoms with E-state index in [1.54, 1.807) is 27.7 Å². The third-order valence-electron chi connectivity index (χ3n) is 9.33. The van der Waals surface area contributed by atoms with Crippen LogP contribution in [-0.4, -0.2) is 62.9 Å². The Balaban J connectivity index is 1.88. The molecule has 0 radical (unpaired) electrons. The van der Waals surface area contributed by atoms with Gasteiger partial charge in [-0.3, -0.25) is 14.4 Å². The topological polar surface area (TPSA) is 121 Å². The molecular weight excluding hydrogens is 431 g/mol. The molecule has 0 heterocycles. The van der Waals surface area contributed by atoms with E-state index in [1.807, 2.05) is 0 Å². The fraction of sp³-hybridized carbons (Fsp3) is 0.720. The van der Waals surface area contributed by atoms with Crippen LogP contribution in [0.3, 0.4) is 0 Å². The van der Waals surface area contributed by atoms with Crippen molar-refractivity contribution in [3.8, 4) is 0 Å². The van der Waals surface area contributed by atoms with Crippen molar-refractivity contribution < 1.29 is 38.8 Å². The molecule has 0 aromatic rings. The summed E-state index contributed by atoms with van der Waals surface area (Å²) in [6, 6.07) is 0. The first-order valence-electron chi connectivity index (χ1n) is 11.7. The molecule has 0 bridgehead atoms. The molecule has 7 nitrogen and oxygen atoms in total. The summed E-state index contributed by atoms with van der Waals surface area (Å²) in [4.78, 5) is 37.6. The number of aliphatic hydroxyl groups is 3. The Hall–Kier alpha value is -1.90. The Labute approximate surface area is 192 Å². The maximum atomic E-state index is 17.2. The molecule has 33 heavy (non-hydrogen) atoms. The van der Waals surface area contributed by atoms with E-state index in [4.69, 9.17) is 4.74 Å². The fourth-order valence-corrected chi connectivity index (χ4v) is 7.81. The van der Waals surface area contributed by atoms with Crippen molar-refractivity contribution in [1.82, 2.24) is 0 Å². The molecule has 3 saturated carbocycles. The third kappa shape index (κ3) is 2.80. The van der Waals surface area contributed by atoms with Crippen molar-refractivity contribution in [2.24, 2.45) is 28.6 Å². The number of hydrogen-bond donors (Lipinski definition) is 3. The van der Waals surface area contributed by atoms with E-state index < -0.39 is 70.4 Å². The molecule has 8 heteroatoms. The molecule has 0 spiro atoms. The molecule has 0 aliphatic heterocycles. The maximum absolute atomic E-state index is 17.2.